The Bertz CT molecular complexity index is 482. The number of aliphatic hydroxyl groups is 1. The van der Waals surface area contributed by atoms with Gasteiger partial charge < -0.3 is 10.4 Å². The van der Waals surface area contributed by atoms with Crippen LogP contribution >= 0.6 is 0 Å². The largest absolute Gasteiger partial charge is 0.393 e. The maximum absolute atomic E-state index is 12.0. The van der Waals surface area contributed by atoms with E-state index in [1.165, 1.54) is 0 Å². The van der Waals surface area contributed by atoms with Crippen LogP contribution in [0.4, 0.5) is 0 Å². The highest BCUT2D eigenvalue weighted by atomic mass is 16.3. The van der Waals surface area contributed by atoms with Crippen LogP contribution in [0.1, 0.15) is 42.6 Å². The monoisotopic (exact) mass is 279 g/mol. The molecule has 1 saturated carbocycles. The number of hydrogen-bond acceptors (Lipinski definition) is 3. The summed E-state index contributed by atoms with van der Waals surface area (Å²) in [6.07, 6.45) is 4.23. The van der Waals surface area contributed by atoms with E-state index in [9.17, 15) is 9.90 Å². The zero-order chi connectivity index (χ0) is 14.7. The molecule has 1 amide bonds. The zero-order valence-electron chi connectivity index (χ0n) is 12.6. The maximum atomic E-state index is 12.0. The van der Waals surface area contributed by atoms with Crippen molar-refractivity contribution in [3.05, 3.63) is 17.0 Å². The van der Waals surface area contributed by atoms with Gasteiger partial charge in [0.05, 0.1) is 18.2 Å². The number of nitrogens with one attached hydrogen (secondary N) is 1. The molecule has 0 radical (unpaired) electrons. The number of aryl methyl sites for hydroxylation is 2. The summed E-state index contributed by atoms with van der Waals surface area (Å²) in [6.45, 7) is 4.49. The summed E-state index contributed by atoms with van der Waals surface area (Å²) in [5.41, 5.74) is 2.96. The van der Waals surface area contributed by atoms with Crippen LogP contribution in [0, 0.1) is 19.8 Å². The van der Waals surface area contributed by atoms with Gasteiger partial charge in [-0.2, -0.15) is 5.10 Å². The third-order valence-corrected chi connectivity index (χ3v) is 4.43. The van der Waals surface area contributed by atoms with Crippen molar-refractivity contribution in [1.82, 2.24) is 15.1 Å². The quantitative estimate of drug-likeness (QED) is 0.871. The summed E-state index contributed by atoms with van der Waals surface area (Å²) >= 11 is 0. The Morgan fingerprint density at radius 3 is 2.70 bits per heavy atom. The predicted octanol–water partition coefficient (Wildman–Crippen LogP) is 1.25. The van der Waals surface area contributed by atoms with Crippen LogP contribution in [0.15, 0.2) is 0 Å². The van der Waals surface area contributed by atoms with Crippen LogP contribution in [-0.4, -0.2) is 33.4 Å². The Morgan fingerprint density at radius 1 is 1.40 bits per heavy atom. The van der Waals surface area contributed by atoms with Crippen molar-refractivity contribution in [2.75, 3.05) is 6.54 Å². The normalized spacial score (nSPS) is 22.8. The van der Waals surface area contributed by atoms with E-state index in [0.717, 1.165) is 42.6 Å². The molecule has 1 aromatic rings. The van der Waals surface area contributed by atoms with Gasteiger partial charge in [0.1, 0.15) is 0 Å². The first-order valence-corrected chi connectivity index (χ1v) is 7.43. The van der Waals surface area contributed by atoms with E-state index in [2.05, 4.69) is 10.4 Å². The Balaban J connectivity index is 1.86. The van der Waals surface area contributed by atoms with E-state index < -0.39 is 0 Å². The number of aromatic nitrogens is 2. The number of carbonyl (C=O) groups excluding carboxylic acids is 1. The third kappa shape index (κ3) is 3.39. The van der Waals surface area contributed by atoms with Gasteiger partial charge in [-0.05, 0) is 26.7 Å². The molecule has 2 unspecified atom stereocenters. The topological polar surface area (TPSA) is 67.2 Å². The Morgan fingerprint density at radius 2 is 2.10 bits per heavy atom. The van der Waals surface area contributed by atoms with Crippen LogP contribution in [-0.2, 0) is 18.3 Å². The van der Waals surface area contributed by atoms with Crippen molar-refractivity contribution < 1.29 is 9.90 Å². The number of rotatable bonds is 4. The fourth-order valence-corrected chi connectivity index (χ4v) is 2.97. The van der Waals surface area contributed by atoms with Gasteiger partial charge >= 0.3 is 0 Å². The Hall–Kier alpha value is -1.36. The van der Waals surface area contributed by atoms with E-state index >= 15 is 0 Å². The minimum atomic E-state index is -0.258. The molecule has 1 aliphatic rings. The molecule has 0 spiro atoms. The summed E-state index contributed by atoms with van der Waals surface area (Å²) in [5, 5.41) is 17.2. The summed E-state index contributed by atoms with van der Waals surface area (Å²) in [6, 6.07) is 0. The highest BCUT2D eigenvalue weighted by molar-refractivity contribution is 5.79. The van der Waals surface area contributed by atoms with Gasteiger partial charge in [0, 0.05) is 30.8 Å². The molecule has 20 heavy (non-hydrogen) atoms. The van der Waals surface area contributed by atoms with Crippen LogP contribution in [0.2, 0.25) is 0 Å². The molecule has 1 aromatic heterocycles. The zero-order valence-corrected chi connectivity index (χ0v) is 12.6. The number of carbonyl (C=O) groups is 1. The second-order valence-corrected chi connectivity index (χ2v) is 5.87. The molecule has 1 heterocycles. The molecular formula is C15H25N3O2. The summed E-state index contributed by atoms with van der Waals surface area (Å²) < 4.78 is 1.81. The summed E-state index contributed by atoms with van der Waals surface area (Å²) in [5.74, 6) is 0.228. The minimum Gasteiger partial charge on any atom is -0.393 e. The van der Waals surface area contributed by atoms with Gasteiger partial charge in [0.25, 0.3) is 0 Å². The first-order valence-electron chi connectivity index (χ1n) is 7.43. The van der Waals surface area contributed by atoms with Gasteiger partial charge in [-0.15, -0.1) is 0 Å². The van der Waals surface area contributed by atoms with E-state index in [-0.39, 0.29) is 17.9 Å². The van der Waals surface area contributed by atoms with Crippen LogP contribution in [0.5, 0.6) is 0 Å². The Kier molecular flexibility index (Phi) is 4.81. The average Bonchev–Trinajstić information content (AvgIpc) is 2.64. The molecule has 2 atom stereocenters. The van der Waals surface area contributed by atoms with Crippen molar-refractivity contribution >= 4 is 5.91 Å². The molecule has 112 valence electrons. The fraction of sp³-hybridized carbons (Fsp3) is 0.733. The maximum Gasteiger partial charge on any atom is 0.224 e. The smallest absolute Gasteiger partial charge is 0.224 e. The highest BCUT2D eigenvalue weighted by Gasteiger charge is 2.23. The van der Waals surface area contributed by atoms with E-state index in [4.69, 9.17) is 0 Å². The summed E-state index contributed by atoms with van der Waals surface area (Å²) in [4.78, 5) is 12.0. The van der Waals surface area contributed by atoms with Crippen molar-refractivity contribution in [3.8, 4) is 0 Å². The SMILES string of the molecule is Cc1nn(C)c(C)c1CC(=O)NCC1CCCCC1O. The van der Waals surface area contributed by atoms with Gasteiger partial charge in [0.15, 0.2) is 0 Å². The molecule has 0 bridgehead atoms. The van der Waals surface area contributed by atoms with Crippen molar-refractivity contribution in [2.45, 2.75) is 52.1 Å². The molecule has 0 aliphatic heterocycles. The lowest BCUT2D eigenvalue weighted by Gasteiger charge is -2.27. The lowest BCUT2D eigenvalue weighted by molar-refractivity contribution is -0.120. The molecule has 2 N–H and O–H groups in total. The van der Waals surface area contributed by atoms with Crippen molar-refractivity contribution in [3.63, 3.8) is 0 Å². The minimum absolute atomic E-state index is 0.0157. The van der Waals surface area contributed by atoms with E-state index in [1.807, 2.05) is 25.6 Å². The van der Waals surface area contributed by atoms with Crippen molar-refractivity contribution in [1.29, 1.82) is 0 Å². The number of hydrogen-bond donors (Lipinski definition) is 2. The van der Waals surface area contributed by atoms with Gasteiger partial charge in [-0.25, -0.2) is 0 Å². The molecule has 0 aromatic carbocycles. The summed E-state index contributed by atoms with van der Waals surface area (Å²) in [7, 11) is 1.89. The van der Waals surface area contributed by atoms with E-state index in [1.54, 1.807) is 0 Å². The average molecular weight is 279 g/mol. The number of amides is 1. The first-order chi connectivity index (χ1) is 9.49. The first kappa shape index (κ1) is 15.0. The lowest BCUT2D eigenvalue weighted by Crippen LogP contribution is -2.37. The van der Waals surface area contributed by atoms with Crippen LogP contribution in [0.3, 0.4) is 0 Å². The lowest BCUT2D eigenvalue weighted by atomic mass is 9.86. The van der Waals surface area contributed by atoms with Gasteiger partial charge in [0.2, 0.25) is 5.91 Å². The number of nitrogens with zero attached hydrogens (tertiary/aromatic N) is 2. The molecule has 1 aliphatic carbocycles. The van der Waals surface area contributed by atoms with Crippen LogP contribution < -0.4 is 5.32 Å². The molecule has 2 rings (SSSR count). The molecule has 0 saturated heterocycles. The predicted molar refractivity (Wildman–Crippen MR) is 77.4 cm³/mol. The fourth-order valence-electron chi connectivity index (χ4n) is 2.97. The third-order valence-electron chi connectivity index (χ3n) is 4.43. The van der Waals surface area contributed by atoms with Crippen LogP contribution in [0.25, 0.3) is 0 Å². The second-order valence-electron chi connectivity index (χ2n) is 5.87. The molecule has 1 fully saturated rings. The second kappa shape index (κ2) is 6.39. The number of aliphatic hydroxyl groups excluding tert-OH is 1. The Labute approximate surface area is 120 Å². The standard InChI is InChI=1S/C15H25N3O2/c1-10-13(11(2)18(3)17-10)8-15(20)16-9-12-6-4-5-7-14(12)19/h12,14,19H,4-9H2,1-3H3,(H,16,20). The highest BCUT2D eigenvalue weighted by Crippen LogP contribution is 2.23. The van der Waals surface area contributed by atoms with E-state index in [0.29, 0.717) is 13.0 Å². The molecular weight excluding hydrogens is 254 g/mol. The van der Waals surface area contributed by atoms with Gasteiger partial charge in [-0.1, -0.05) is 12.8 Å². The van der Waals surface area contributed by atoms with Gasteiger partial charge in [-0.3, -0.25) is 9.48 Å². The van der Waals surface area contributed by atoms with Crippen molar-refractivity contribution in [2.24, 2.45) is 13.0 Å². The molecule has 5 heteroatoms. The molecule has 5 nitrogen and oxygen atoms in total.